The maximum Gasteiger partial charge on any atom is 0.256 e. The minimum Gasteiger partial charge on any atom is -0.368 e. The summed E-state index contributed by atoms with van der Waals surface area (Å²) in [6.45, 7) is 2.27. The van der Waals surface area contributed by atoms with Gasteiger partial charge in [0, 0.05) is 31.5 Å². The molecule has 2 N–H and O–H groups in total. The van der Waals surface area contributed by atoms with E-state index < -0.39 is 5.60 Å². The molecule has 1 aromatic rings. The smallest absolute Gasteiger partial charge is 0.256 e. The molecule has 24 heavy (non-hydrogen) atoms. The fourth-order valence-corrected chi connectivity index (χ4v) is 3.43. The number of methoxy groups -OCH3 is 1. The van der Waals surface area contributed by atoms with Gasteiger partial charge in [0.05, 0.1) is 0 Å². The Hall–Kier alpha value is -1.92. The van der Waals surface area contributed by atoms with Crippen LogP contribution in [0.1, 0.15) is 32.1 Å². The Morgan fingerprint density at radius 1 is 1.29 bits per heavy atom. The van der Waals surface area contributed by atoms with Gasteiger partial charge >= 0.3 is 0 Å². The summed E-state index contributed by atoms with van der Waals surface area (Å²) >= 11 is 0. The van der Waals surface area contributed by atoms with Crippen LogP contribution in [0.25, 0.3) is 0 Å². The summed E-state index contributed by atoms with van der Waals surface area (Å²) in [4.78, 5) is 26.6. The van der Waals surface area contributed by atoms with E-state index in [0.29, 0.717) is 24.9 Å². The number of hydrogen-bond donors (Lipinski definition) is 2. The molecule has 0 bridgehead atoms. The standard InChI is InChI=1S/C18H25N3O3/c1-24-18(8-10-19-11-9-18)17(23)20-14-5-4-6-15(13-14)21-12-3-2-7-16(21)22/h4-6,13,19H,2-3,7-12H2,1H3,(H,20,23). The van der Waals surface area contributed by atoms with E-state index in [1.807, 2.05) is 24.3 Å². The lowest BCUT2D eigenvalue weighted by Gasteiger charge is -2.34. The Morgan fingerprint density at radius 3 is 2.79 bits per heavy atom. The van der Waals surface area contributed by atoms with Crippen molar-refractivity contribution in [1.82, 2.24) is 5.32 Å². The summed E-state index contributed by atoms with van der Waals surface area (Å²) < 4.78 is 5.56. The lowest BCUT2D eigenvalue weighted by molar-refractivity contribution is -0.140. The normalized spacial score (nSPS) is 20.7. The number of carbonyl (C=O) groups excluding carboxylic acids is 2. The van der Waals surface area contributed by atoms with Crippen molar-refractivity contribution >= 4 is 23.2 Å². The number of amides is 2. The maximum absolute atomic E-state index is 12.7. The van der Waals surface area contributed by atoms with Crippen molar-refractivity contribution < 1.29 is 14.3 Å². The summed E-state index contributed by atoms with van der Waals surface area (Å²) in [5, 5.41) is 6.21. The van der Waals surface area contributed by atoms with Crippen LogP contribution in [0.3, 0.4) is 0 Å². The highest BCUT2D eigenvalue weighted by atomic mass is 16.5. The molecule has 6 nitrogen and oxygen atoms in total. The summed E-state index contributed by atoms with van der Waals surface area (Å²) in [6.07, 6.45) is 3.87. The zero-order valence-electron chi connectivity index (χ0n) is 14.1. The summed E-state index contributed by atoms with van der Waals surface area (Å²) in [7, 11) is 1.59. The average molecular weight is 331 g/mol. The number of ether oxygens (including phenoxy) is 1. The van der Waals surface area contributed by atoms with Gasteiger partial charge < -0.3 is 20.3 Å². The molecule has 0 aliphatic carbocycles. The van der Waals surface area contributed by atoms with Crippen molar-refractivity contribution in [3.05, 3.63) is 24.3 Å². The molecule has 0 spiro atoms. The highest BCUT2D eigenvalue weighted by molar-refractivity contribution is 5.99. The van der Waals surface area contributed by atoms with Crippen LogP contribution in [-0.4, -0.2) is 44.2 Å². The van der Waals surface area contributed by atoms with E-state index in [9.17, 15) is 9.59 Å². The molecule has 3 rings (SSSR count). The van der Waals surface area contributed by atoms with Gasteiger partial charge in [0.2, 0.25) is 5.91 Å². The molecular formula is C18H25N3O3. The Morgan fingerprint density at radius 2 is 2.08 bits per heavy atom. The second kappa shape index (κ2) is 7.32. The third-order valence-electron chi connectivity index (χ3n) is 4.95. The molecule has 0 atom stereocenters. The third kappa shape index (κ3) is 3.44. The summed E-state index contributed by atoms with van der Waals surface area (Å²) in [5.74, 6) is 0.0325. The number of hydrogen-bond acceptors (Lipinski definition) is 4. The summed E-state index contributed by atoms with van der Waals surface area (Å²) in [5.41, 5.74) is 0.766. The van der Waals surface area contributed by atoms with Crippen LogP contribution in [0.2, 0.25) is 0 Å². The first-order valence-electron chi connectivity index (χ1n) is 8.62. The van der Waals surface area contributed by atoms with Gasteiger partial charge in [0.25, 0.3) is 5.91 Å². The molecule has 2 heterocycles. The molecule has 0 aromatic heterocycles. The second-order valence-electron chi connectivity index (χ2n) is 6.46. The first-order valence-corrected chi connectivity index (χ1v) is 8.62. The third-order valence-corrected chi connectivity index (χ3v) is 4.95. The van der Waals surface area contributed by atoms with E-state index in [4.69, 9.17) is 4.74 Å². The van der Waals surface area contributed by atoms with Crippen molar-refractivity contribution in [2.45, 2.75) is 37.7 Å². The van der Waals surface area contributed by atoms with Crippen LogP contribution in [0.5, 0.6) is 0 Å². The van der Waals surface area contributed by atoms with Crippen molar-refractivity contribution in [3.8, 4) is 0 Å². The van der Waals surface area contributed by atoms with Crippen LogP contribution in [-0.2, 0) is 14.3 Å². The molecule has 2 fully saturated rings. The van der Waals surface area contributed by atoms with Gasteiger partial charge in [-0.05, 0) is 57.0 Å². The first kappa shape index (κ1) is 16.9. The highest BCUT2D eigenvalue weighted by Crippen LogP contribution is 2.27. The molecular weight excluding hydrogens is 306 g/mol. The molecule has 130 valence electrons. The summed E-state index contributed by atoms with van der Waals surface area (Å²) in [6, 6.07) is 7.50. The predicted molar refractivity (Wildman–Crippen MR) is 93.1 cm³/mol. The molecule has 2 aliphatic heterocycles. The van der Waals surface area contributed by atoms with Crippen LogP contribution in [0.15, 0.2) is 24.3 Å². The van der Waals surface area contributed by atoms with Crippen LogP contribution >= 0.6 is 0 Å². The monoisotopic (exact) mass is 331 g/mol. The molecule has 0 radical (unpaired) electrons. The number of piperidine rings is 2. The molecule has 2 saturated heterocycles. The van der Waals surface area contributed by atoms with Crippen molar-refractivity contribution in [3.63, 3.8) is 0 Å². The molecule has 6 heteroatoms. The topological polar surface area (TPSA) is 70.7 Å². The molecule has 0 saturated carbocycles. The molecule has 2 aliphatic rings. The fraction of sp³-hybridized carbons (Fsp3) is 0.556. The van der Waals surface area contributed by atoms with Crippen LogP contribution in [0, 0.1) is 0 Å². The molecule has 2 amide bonds. The van der Waals surface area contributed by atoms with E-state index in [2.05, 4.69) is 10.6 Å². The SMILES string of the molecule is COC1(C(=O)Nc2cccc(N3CCCCC3=O)c2)CCNCC1. The van der Waals surface area contributed by atoms with Gasteiger partial charge in [0.1, 0.15) is 5.60 Å². The number of anilines is 2. The number of benzene rings is 1. The van der Waals surface area contributed by atoms with Gasteiger partial charge in [-0.15, -0.1) is 0 Å². The number of rotatable bonds is 4. The average Bonchev–Trinajstić information content (AvgIpc) is 2.63. The minimum atomic E-state index is -0.776. The predicted octanol–water partition coefficient (Wildman–Crippen LogP) is 1.91. The Balaban J connectivity index is 1.74. The van der Waals surface area contributed by atoms with Crippen molar-refractivity contribution in [2.24, 2.45) is 0 Å². The Labute approximate surface area is 142 Å². The van der Waals surface area contributed by atoms with E-state index in [1.165, 1.54) is 0 Å². The Kier molecular flexibility index (Phi) is 5.16. The van der Waals surface area contributed by atoms with Gasteiger partial charge in [0.15, 0.2) is 0 Å². The Bertz CT molecular complexity index is 611. The maximum atomic E-state index is 12.7. The van der Waals surface area contributed by atoms with Crippen molar-refractivity contribution in [1.29, 1.82) is 0 Å². The fourth-order valence-electron chi connectivity index (χ4n) is 3.43. The van der Waals surface area contributed by atoms with E-state index in [-0.39, 0.29) is 11.8 Å². The van der Waals surface area contributed by atoms with Gasteiger partial charge in [-0.25, -0.2) is 0 Å². The van der Waals surface area contributed by atoms with Gasteiger partial charge in [-0.1, -0.05) is 6.07 Å². The van der Waals surface area contributed by atoms with Gasteiger partial charge in [-0.2, -0.15) is 0 Å². The lowest BCUT2D eigenvalue weighted by Crippen LogP contribution is -2.51. The zero-order valence-corrected chi connectivity index (χ0v) is 14.1. The second-order valence-corrected chi connectivity index (χ2v) is 6.46. The zero-order chi connectivity index (χ0) is 17.0. The molecule has 1 aromatic carbocycles. The van der Waals surface area contributed by atoms with E-state index >= 15 is 0 Å². The quantitative estimate of drug-likeness (QED) is 0.884. The lowest BCUT2D eigenvalue weighted by atomic mass is 9.91. The van der Waals surface area contributed by atoms with Crippen LogP contribution in [0.4, 0.5) is 11.4 Å². The number of nitrogens with one attached hydrogen (secondary N) is 2. The number of carbonyl (C=O) groups is 2. The number of nitrogens with zero attached hydrogens (tertiary/aromatic N) is 1. The highest BCUT2D eigenvalue weighted by Gasteiger charge is 2.39. The minimum absolute atomic E-state index is 0.117. The van der Waals surface area contributed by atoms with E-state index in [1.54, 1.807) is 12.0 Å². The van der Waals surface area contributed by atoms with Crippen LogP contribution < -0.4 is 15.5 Å². The van der Waals surface area contributed by atoms with E-state index in [0.717, 1.165) is 38.2 Å². The largest absolute Gasteiger partial charge is 0.368 e. The van der Waals surface area contributed by atoms with Crippen molar-refractivity contribution in [2.75, 3.05) is 37.0 Å². The first-order chi connectivity index (χ1) is 11.6. The molecule has 0 unspecified atom stereocenters. The van der Waals surface area contributed by atoms with Gasteiger partial charge in [-0.3, -0.25) is 9.59 Å².